The molecule has 8 heteroatoms. The summed E-state index contributed by atoms with van der Waals surface area (Å²) in [5.41, 5.74) is 9.85. The second kappa shape index (κ2) is 13.3. The van der Waals surface area contributed by atoms with Crippen molar-refractivity contribution in [1.82, 2.24) is 4.90 Å². The lowest BCUT2D eigenvalue weighted by atomic mass is 9.95. The fourth-order valence-corrected chi connectivity index (χ4v) is 9.57. The first-order chi connectivity index (χ1) is 23.9. The van der Waals surface area contributed by atoms with Crippen molar-refractivity contribution in [3.63, 3.8) is 0 Å². The highest BCUT2D eigenvalue weighted by Gasteiger charge is 2.42. The molecule has 242 valence electrons. The molecule has 2 aliphatic heterocycles. The van der Waals surface area contributed by atoms with Gasteiger partial charge in [-0.05, 0) is 94.8 Å². The maximum Gasteiger partial charge on any atom is 0.323 e. The number of hydrogen-bond donors (Lipinski definition) is 1. The van der Waals surface area contributed by atoms with Gasteiger partial charge < -0.3 is 10.0 Å². The lowest BCUT2D eigenvalue weighted by molar-refractivity contribution is -0.140. The molecule has 1 saturated carbocycles. The van der Waals surface area contributed by atoms with Gasteiger partial charge in [0.15, 0.2) is 0 Å². The van der Waals surface area contributed by atoms with E-state index in [1.165, 1.54) is 64.0 Å². The van der Waals surface area contributed by atoms with Crippen molar-refractivity contribution in [2.75, 3.05) is 11.4 Å². The predicted octanol–water partition coefficient (Wildman–Crippen LogP) is 10.1. The number of carbonyl (C=O) groups excluding carboxylic acids is 1. The van der Waals surface area contributed by atoms with E-state index in [2.05, 4.69) is 120 Å². The molecular formula is C41H32N2O3S3. The highest BCUT2D eigenvalue weighted by molar-refractivity contribution is 8.26. The van der Waals surface area contributed by atoms with Crippen LogP contribution in [0.1, 0.15) is 52.3 Å². The van der Waals surface area contributed by atoms with Crippen LogP contribution in [0, 0.1) is 0 Å². The summed E-state index contributed by atoms with van der Waals surface area (Å²) >= 11 is 8.04. The second-order valence-corrected chi connectivity index (χ2v) is 15.3. The third kappa shape index (κ3) is 6.16. The number of amides is 1. The number of carboxylic acid groups (broad SMARTS) is 1. The topological polar surface area (TPSA) is 60.9 Å². The van der Waals surface area contributed by atoms with Crippen LogP contribution in [0.15, 0.2) is 120 Å². The molecule has 5 nitrogen and oxygen atoms in total. The zero-order valence-corrected chi connectivity index (χ0v) is 28.9. The van der Waals surface area contributed by atoms with Crippen molar-refractivity contribution in [1.29, 1.82) is 0 Å². The third-order valence-corrected chi connectivity index (χ3v) is 12.0. The maximum absolute atomic E-state index is 12.8. The van der Waals surface area contributed by atoms with Crippen LogP contribution in [0.25, 0.3) is 28.2 Å². The number of carboxylic acids is 1. The Hall–Kier alpha value is -4.76. The van der Waals surface area contributed by atoms with Crippen LogP contribution < -0.4 is 4.90 Å². The molecule has 0 bridgehead atoms. The number of aliphatic carboxylic acids is 1. The molecule has 1 amide bonds. The highest BCUT2D eigenvalue weighted by atomic mass is 32.2. The second-order valence-electron chi connectivity index (χ2n) is 12.5. The van der Waals surface area contributed by atoms with Crippen LogP contribution >= 0.6 is 35.3 Å². The summed E-state index contributed by atoms with van der Waals surface area (Å²) in [5.74, 6) is -0.942. The minimum atomic E-state index is -1.08. The normalized spacial score (nSPS) is 19.0. The summed E-state index contributed by atoms with van der Waals surface area (Å²) in [6.07, 6.45) is 7.68. The van der Waals surface area contributed by atoms with Crippen molar-refractivity contribution in [3.8, 4) is 10.4 Å². The van der Waals surface area contributed by atoms with Gasteiger partial charge in [0.1, 0.15) is 10.9 Å². The molecule has 5 aromatic rings. The summed E-state index contributed by atoms with van der Waals surface area (Å²) in [7, 11) is 0. The average Bonchev–Trinajstić information content (AvgIpc) is 3.91. The van der Waals surface area contributed by atoms with Crippen LogP contribution in [0.3, 0.4) is 0 Å². The fraction of sp³-hybridized carbons (Fsp3) is 0.146. The van der Waals surface area contributed by atoms with Crippen molar-refractivity contribution in [3.05, 3.63) is 147 Å². The molecule has 1 saturated heterocycles. The van der Waals surface area contributed by atoms with Gasteiger partial charge in [0.2, 0.25) is 0 Å². The lowest BCUT2D eigenvalue weighted by Crippen LogP contribution is -2.33. The molecule has 1 aliphatic carbocycles. The van der Waals surface area contributed by atoms with Crippen molar-refractivity contribution < 1.29 is 14.7 Å². The molecule has 0 radical (unpaired) electrons. The van der Waals surface area contributed by atoms with E-state index in [-0.39, 0.29) is 10.2 Å². The lowest BCUT2D eigenvalue weighted by Gasteiger charge is -2.27. The van der Waals surface area contributed by atoms with Crippen LogP contribution in [0.5, 0.6) is 0 Å². The van der Waals surface area contributed by atoms with Gasteiger partial charge in [-0.25, -0.2) is 0 Å². The Morgan fingerprint density at radius 2 is 1.59 bits per heavy atom. The number of thiocarbonyl (C=S) groups is 1. The summed E-state index contributed by atoms with van der Waals surface area (Å²) in [5, 5.41) is 9.15. The number of anilines is 2. The van der Waals surface area contributed by atoms with Crippen LogP contribution in [-0.2, 0) is 9.59 Å². The summed E-state index contributed by atoms with van der Waals surface area (Å²) in [6, 6.07) is 41.5. The van der Waals surface area contributed by atoms with Gasteiger partial charge in [-0.15, -0.1) is 11.3 Å². The highest BCUT2D eigenvalue weighted by Crippen LogP contribution is 2.53. The number of fused-ring (bicyclic) bond motifs is 3. The van der Waals surface area contributed by atoms with Gasteiger partial charge in [0.05, 0.1) is 4.91 Å². The molecule has 4 aromatic carbocycles. The van der Waals surface area contributed by atoms with E-state index in [1.807, 2.05) is 12.1 Å². The number of benzene rings is 4. The molecular weight excluding hydrogens is 665 g/mol. The number of nitrogens with zero attached hydrogens (tertiary/aromatic N) is 2. The largest absolute Gasteiger partial charge is 0.480 e. The van der Waals surface area contributed by atoms with E-state index in [0.717, 1.165) is 26.4 Å². The van der Waals surface area contributed by atoms with E-state index >= 15 is 0 Å². The van der Waals surface area contributed by atoms with Gasteiger partial charge >= 0.3 is 5.97 Å². The summed E-state index contributed by atoms with van der Waals surface area (Å²) in [6.45, 7) is -0.420. The molecule has 1 N–H and O–H groups in total. The van der Waals surface area contributed by atoms with E-state index in [4.69, 9.17) is 17.3 Å². The Kier molecular flexibility index (Phi) is 8.53. The maximum atomic E-state index is 12.8. The van der Waals surface area contributed by atoms with Gasteiger partial charge in [-0.3, -0.25) is 14.5 Å². The molecule has 2 fully saturated rings. The first-order valence-corrected chi connectivity index (χ1v) is 18.4. The van der Waals surface area contributed by atoms with Crippen LogP contribution in [0.4, 0.5) is 11.4 Å². The number of thiophene rings is 1. The Morgan fingerprint density at radius 3 is 2.29 bits per heavy atom. The summed E-state index contributed by atoms with van der Waals surface area (Å²) < 4.78 is 0.278. The SMILES string of the molecule is O=C(O)CN1C(=O)/C(=C/c2ccc(-c3ccc4c(c3)C3CCCC3N4c3ccc(C=C(c4ccccc4)c4ccccc4)cc3)s2)SC1=S. The van der Waals surface area contributed by atoms with Gasteiger partial charge in [0, 0.05) is 33.1 Å². The molecule has 3 heterocycles. The fourth-order valence-electron chi connectivity index (χ4n) is 7.30. The van der Waals surface area contributed by atoms with E-state index in [1.54, 1.807) is 11.3 Å². The Balaban J connectivity index is 1.06. The Labute approximate surface area is 299 Å². The monoisotopic (exact) mass is 696 g/mol. The average molecular weight is 697 g/mol. The summed E-state index contributed by atoms with van der Waals surface area (Å²) in [4.78, 5) is 30.2. The quantitative estimate of drug-likeness (QED) is 0.0990. The zero-order valence-electron chi connectivity index (χ0n) is 26.5. The third-order valence-electron chi connectivity index (χ3n) is 9.50. The van der Waals surface area contributed by atoms with Crippen molar-refractivity contribution >= 4 is 80.6 Å². The Morgan fingerprint density at radius 1 is 0.878 bits per heavy atom. The molecule has 8 rings (SSSR count). The molecule has 2 unspecified atom stereocenters. The zero-order chi connectivity index (χ0) is 33.5. The van der Waals surface area contributed by atoms with Crippen LogP contribution in [0.2, 0.25) is 0 Å². The molecule has 2 atom stereocenters. The van der Waals surface area contributed by atoms with Gasteiger partial charge in [0.25, 0.3) is 5.91 Å². The molecule has 0 spiro atoms. The minimum absolute atomic E-state index is 0.278. The van der Waals surface area contributed by atoms with Gasteiger partial charge in [-0.2, -0.15) is 0 Å². The molecule has 49 heavy (non-hydrogen) atoms. The Bertz CT molecular complexity index is 2100. The van der Waals surface area contributed by atoms with Gasteiger partial charge in [-0.1, -0.05) is 109 Å². The van der Waals surface area contributed by atoms with E-state index < -0.39 is 12.5 Å². The van der Waals surface area contributed by atoms with Crippen molar-refractivity contribution in [2.45, 2.75) is 31.2 Å². The first-order valence-electron chi connectivity index (χ1n) is 16.4. The number of thioether (sulfide) groups is 1. The molecule has 3 aliphatic rings. The standard InChI is InChI=1S/C41H32N2O3S3/c44-39(45)25-42-40(46)38(49-41(42)47)24-31-19-21-37(48-31)29-16-20-36-34(23-29)32-12-7-13-35(32)43(36)30-17-14-26(15-18-30)22-33(27-8-3-1-4-9-27)28-10-5-2-6-11-28/h1-6,8-11,14-24,32,35H,7,12-13,25H2,(H,44,45)/b38-24-. The first kappa shape index (κ1) is 31.5. The molecule has 1 aromatic heterocycles. The van der Waals surface area contributed by atoms with E-state index in [9.17, 15) is 9.59 Å². The van der Waals surface area contributed by atoms with Crippen molar-refractivity contribution in [2.24, 2.45) is 0 Å². The van der Waals surface area contributed by atoms with E-state index in [0.29, 0.717) is 16.9 Å². The predicted molar refractivity (Wildman–Crippen MR) is 206 cm³/mol. The number of carbonyl (C=O) groups is 2. The number of hydrogen-bond acceptors (Lipinski definition) is 6. The number of rotatable bonds is 8. The minimum Gasteiger partial charge on any atom is -0.480 e. The smallest absolute Gasteiger partial charge is 0.323 e. The van der Waals surface area contributed by atoms with Crippen LogP contribution in [-0.4, -0.2) is 38.8 Å².